The maximum absolute atomic E-state index is 10.9. The monoisotopic (exact) mass is 256 g/mol. The standard InChI is InChI=1S/C11H13BrO2/c1-3-9(11(13)14)8-4-5-10(12)7(2)6-8/h4-6,9H,3H2,1-2H3,(H,13,14). The van der Waals surface area contributed by atoms with Gasteiger partial charge < -0.3 is 5.11 Å². The molecule has 14 heavy (non-hydrogen) atoms. The lowest BCUT2D eigenvalue weighted by atomic mass is 9.95. The molecule has 76 valence electrons. The van der Waals surface area contributed by atoms with E-state index in [2.05, 4.69) is 15.9 Å². The number of rotatable bonds is 3. The van der Waals surface area contributed by atoms with Crippen molar-refractivity contribution in [2.45, 2.75) is 26.2 Å². The molecule has 0 amide bonds. The van der Waals surface area contributed by atoms with Crippen LogP contribution >= 0.6 is 15.9 Å². The van der Waals surface area contributed by atoms with Gasteiger partial charge in [0.1, 0.15) is 0 Å². The maximum atomic E-state index is 10.9. The molecule has 1 N–H and O–H groups in total. The van der Waals surface area contributed by atoms with Gasteiger partial charge in [0.15, 0.2) is 0 Å². The van der Waals surface area contributed by atoms with Crippen LogP contribution in [-0.4, -0.2) is 11.1 Å². The molecule has 2 nitrogen and oxygen atoms in total. The Morgan fingerprint density at radius 3 is 2.64 bits per heavy atom. The number of hydrogen-bond donors (Lipinski definition) is 1. The molecule has 0 bridgehead atoms. The molecule has 0 aromatic heterocycles. The van der Waals surface area contributed by atoms with Crippen LogP contribution in [0.2, 0.25) is 0 Å². The van der Waals surface area contributed by atoms with Crippen molar-refractivity contribution in [1.29, 1.82) is 0 Å². The van der Waals surface area contributed by atoms with Gasteiger partial charge in [0.2, 0.25) is 0 Å². The summed E-state index contributed by atoms with van der Waals surface area (Å²) in [5.74, 6) is -1.14. The fourth-order valence-corrected chi connectivity index (χ4v) is 1.68. The second-order valence-electron chi connectivity index (χ2n) is 3.31. The molecule has 0 heterocycles. The van der Waals surface area contributed by atoms with E-state index in [0.717, 1.165) is 15.6 Å². The minimum atomic E-state index is -0.755. The van der Waals surface area contributed by atoms with E-state index in [9.17, 15) is 4.79 Å². The van der Waals surface area contributed by atoms with Crippen molar-refractivity contribution in [3.63, 3.8) is 0 Å². The Morgan fingerprint density at radius 1 is 1.57 bits per heavy atom. The first-order valence-electron chi connectivity index (χ1n) is 4.55. The molecule has 0 saturated heterocycles. The molecule has 0 radical (unpaired) electrons. The van der Waals surface area contributed by atoms with Crippen LogP contribution in [0.4, 0.5) is 0 Å². The Balaban J connectivity index is 3.06. The van der Waals surface area contributed by atoms with Gasteiger partial charge in [-0.3, -0.25) is 4.79 Å². The van der Waals surface area contributed by atoms with Crippen LogP contribution < -0.4 is 0 Å². The molecule has 1 atom stereocenters. The first-order valence-corrected chi connectivity index (χ1v) is 5.34. The topological polar surface area (TPSA) is 37.3 Å². The van der Waals surface area contributed by atoms with Gasteiger partial charge in [0.25, 0.3) is 0 Å². The van der Waals surface area contributed by atoms with Crippen molar-refractivity contribution in [2.24, 2.45) is 0 Å². The van der Waals surface area contributed by atoms with E-state index in [1.807, 2.05) is 32.0 Å². The highest BCUT2D eigenvalue weighted by Gasteiger charge is 2.17. The molecule has 1 aromatic rings. The van der Waals surface area contributed by atoms with Crippen LogP contribution in [0, 0.1) is 6.92 Å². The zero-order chi connectivity index (χ0) is 10.7. The molecule has 1 aromatic carbocycles. The lowest BCUT2D eigenvalue weighted by Gasteiger charge is -2.11. The summed E-state index contributed by atoms with van der Waals surface area (Å²) in [5.41, 5.74) is 1.95. The van der Waals surface area contributed by atoms with Crippen molar-refractivity contribution in [3.05, 3.63) is 33.8 Å². The van der Waals surface area contributed by atoms with E-state index >= 15 is 0 Å². The molecule has 1 rings (SSSR count). The van der Waals surface area contributed by atoms with E-state index < -0.39 is 5.97 Å². The van der Waals surface area contributed by atoms with Gasteiger partial charge in [0.05, 0.1) is 5.92 Å². The van der Waals surface area contributed by atoms with Crippen LogP contribution in [0.5, 0.6) is 0 Å². The van der Waals surface area contributed by atoms with E-state index in [1.165, 1.54) is 0 Å². The molecule has 0 aliphatic heterocycles. The number of aliphatic carboxylic acids is 1. The first kappa shape index (κ1) is 11.2. The van der Waals surface area contributed by atoms with Crippen LogP contribution in [0.3, 0.4) is 0 Å². The van der Waals surface area contributed by atoms with Gasteiger partial charge >= 0.3 is 5.97 Å². The summed E-state index contributed by atoms with van der Waals surface area (Å²) in [6.45, 7) is 3.85. The largest absolute Gasteiger partial charge is 0.481 e. The van der Waals surface area contributed by atoms with Gasteiger partial charge in [-0.15, -0.1) is 0 Å². The third kappa shape index (κ3) is 2.35. The van der Waals surface area contributed by atoms with Crippen LogP contribution in [-0.2, 0) is 4.79 Å². The van der Waals surface area contributed by atoms with Crippen LogP contribution in [0.25, 0.3) is 0 Å². The Labute approximate surface area is 92.1 Å². The Bertz CT molecular complexity index is 347. The van der Waals surface area contributed by atoms with E-state index in [1.54, 1.807) is 0 Å². The zero-order valence-corrected chi connectivity index (χ0v) is 9.84. The summed E-state index contributed by atoms with van der Waals surface area (Å²) < 4.78 is 1.02. The molecule has 0 fully saturated rings. The molecular formula is C11H13BrO2. The molecule has 0 aliphatic carbocycles. The SMILES string of the molecule is CCC(C(=O)O)c1ccc(Br)c(C)c1. The van der Waals surface area contributed by atoms with E-state index in [4.69, 9.17) is 5.11 Å². The molecule has 1 unspecified atom stereocenters. The van der Waals surface area contributed by atoms with Gasteiger partial charge in [0, 0.05) is 4.47 Å². The highest BCUT2D eigenvalue weighted by Crippen LogP contribution is 2.24. The average Bonchev–Trinajstić information content (AvgIpc) is 2.11. The van der Waals surface area contributed by atoms with Gasteiger partial charge in [-0.25, -0.2) is 0 Å². The fraction of sp³-hybridized carbons (Fsp3) is 0.364. The molecule has 0 saturated carbocycles. The van der Waals surface area contributed by atoms with Crippen molar-refractivity contribution in [3.8, 4) is 0 Å². The number of carboxylic acid groups (broad SMARTS) is 1. The van der Waals surface area contributed by atoms with Crippen molar-refractivity contribution >= 4 is 21.9 Å². The van der Waals surface area contributed by atoms with E-state index in [-0.39, 0.29) is 5.92 Å². The Kier molecular flexibility index (Phi) is 3.69. The zero-order valence-electron chi connectivity index (χ0n) is 8.25. The summed E-state index contributed by atoms with van der Waals surface area (Å²) in [6, 6.07) is 5.68. The molecule has 3 heteroatoms. The fourth-order valence-electron chi connectivity index (χ4n) is 1.44. The summed E-state index contributed by atoms with van der Waals surface area (Å²) in [4.78, 5) is 10.9. The highest BCUT2D eigenvalue weighted by atomic mass is 79.9. The van der Waals surface area contributed by atoms with Gasteiger partial charge in [-0.05, 0) is 30.5 Å². The van der Waals surface area contributed by atoms with Gasteiger partial charge in [-0.2, -0.15) is 0 Å². The minimum Gasteiger partial charge on any atom is -0.481 e. The number of aryl methyl sites for hydroxylation is 1. The smallest absolute Gasteiger partial charge is 0.310 e. The second kappa shape index (κ2) is 4.60. The van der Waals surface area contributed by atoms with Crippen molar-refractivity contribution in [2.75, 3.05) is 0 Å². The summed E-state index contributed by atoms with van der Waals surface area (Å²) in [5, 5.41) is 8.98. The lowest BCUT2D eigenvalue weighted by Crippen LogP contribution is -2.10. The minimum absolute atomic E-state index is 0.387. The third-order valence-corrected chi connectivity index (χ3v) is 3.18. The molecular weight excluding hydrogens is 244 g/mol. The van der Waals surface area contributed by atoms with Gasteiger partial charge in [-0.1, -0.05) is 35.0 Å². The van der Waals surface area contributed by atoms with E-state index in [0.29, 0.717) is 6.42 Å². The van der Waals surface area contributed by atoms with Crippen molar-refractivity contribution in [1.82, 2.24) is 0 Å². The predicted molar refractivity (Wildman–Crippen MR) is 59.5 cm³/mol. The summed E-state index contributed by atoms with van der Waals surface area (Å²) >= 11 is 3.39. The normalized spacial score (nSPS) is 12.5. The molecule has 0 aliphatic rings. The quantitative estimate of drug-likeness (QED) is 0.901. The number of carbonyl (C=O) groups is 1. The Morgan fingerprint density at radius 2 is 2.21 bits per heavy atom. The summed E-state index contributed by atoms with van der Waals surface area (Å²) in [6.07, 6.45) is 0.621. The highest BCUT2D eigenvalue weighted by molar-refractivity contribution is 9.10. The van der Waals surface area contributed by atoms with Crippen LogP contribution in [0.15, 0.2) is 22.7 Å². The molecule has 0 spiro atoms. The summed E-state index contributed by atoms with van der Waals surface area (Å²) in [7, 11) is 0. The number of halogens is 1. The number of hydrogen-bond acceptors (Lipinski definition) is 1. The average molecular weight is 257 g/mol. The third-order valence-electron chi connectivity index (χ3n) is 2.29. The predicted octanol–water partition coefficient (Wildman–Crippen LogP) is 3.34. The number of carboxylic acids is 1. The van der Waals surface area contributed by atoms with Crippen molar-refractivity contribution < 1.29 is 9.90 Å². The maximum Gasteiger partial charge on any atom is 0.310 e. The Hall–Kier alpha value is -0.830. The second-order valence-corrected chi connectivity index (χ2v) is 4.16. The van der Waals surface area contributed by atoms with Crippen LogP contribution in [0.1, 0.15) is 30.4 Å². The first-order chi connectivity index (χ1) is 6.56. The lowest BCUT2D eigenvalue weighted by molar-refractivity contribution is -0.138. The number of benzene rings is 1.